The number of hydrogen-bond donors (Lipinski definition) is 2. The zero-order chi connectivity index (χ0) is 8.81. The molecule has 12 heavy (non-hydrogen) atoms. The van der Waals surface area contributed by atoms with Crippen LogP contribution >= 0.6 is 0 Å². The lowest BCUT2D eigenvalue weighted by Crippen LogP contribution is -2.32. The van der Waals surface area contributed by atoms with Crippen molar-refractivity contribution in [3.05, 3.63) is 0 Å². The molecule has 0 saturated carbocycles. The molecular weight excluding hydrogens is 152 g/mol. The summed E-state index contributed by atoms with van der Waals surface area (Å²) in [6.45, 7) is 5.86. The minimum Gasteiger partial charge on any atom is -0.377 e. The quantitative estimate of drug-likeness (QED) is 0.629. The summed E-state index contributed by atoms with van der Waals surface area (Å²) in [5.74, 6) is 0.575. The fourth-order valence-electron chi connectivity index (χ4n) is 1.38. The van der Waals surface area contributed by atoms with Crippen molar-refractivity contribution in [2.24, 2.45) is 11.7 Å². The number of nitrogens with one attached hydrogen (secondary N) is 1. The van der Waals surface area contributed by atoms with Crippen LogP contribution in [0.25, 0.3) is 0 Å². The van der Waals surface area contributed by atoms with E-state index in [1.54, 1.807) is 0 Å². The molecule has 1 saturated heterocycles. The van der Waals surface area contributed by atoms with Crippen molar-refractivity contribution >= 4 is 0 Å². The summed E-state index contributed by atoms with van der Waals surface area (Å²) in [4.78, 5) is 0. The van der Waals surface area contributed by atoms with Crippen LogP contribution in [0.1, 0.15) is 19.8 Å². The summed E-state index contributed by atoms with van der Waals surface area (Å²) in [5, 5.41) is 3.37. The van der Waals surface area contributed by atoms with Crippen LogP contribution in [0.5, 0.6) is 0 Å². The molecule has 0 aromatic heterocycles. The standard InChI is InChI=1S/C9H20N2O/c1-8(5-10)6-11-7-9-3-2-4-12-9/h8-9,11H,2-7,10H2,1H3. The molecule has 0 radical (unpaired) electrons. The van der Waals surface area contributed by atoms with Gasteiger partial charge in [-0.2, -0.15) is 0 Å². The molecule has 0 aromatic rings. The first-order chi connectivity index (χ1) is 5.83. The molecule has 0 aliphatic carbocycles. The van der Waals surface area contributed by atoms with Gasteiger partial charge in [0, 0.05) is 13.2 Å². The highest BCUT2D eigenvalue weighted by atomic mass is 16.5. The van der Waals surface area contributed by atoms with Crippen molar-refractivity contribution in [1.29, 1.82) is 0 Å². The molecule has 2 unspecified atom stereocenters. The SMILES string of the molecule is CC(CN)CNCC1CCCO1. The van der Waals surface area contributed by atoms with Crippen molar-refractivity contribution < 1.29 is 4.74 Å². The Morgan fingerprint density at radius 2 is 2.50 bits per heavy atom. The van der Waals surface area contributed by atoms with Gasteiger partial charge in [-0.15, -0.1) is 0 Å². The van der Waals surface area contributed by atoms with Gasteiger partial charge < -0.3 is 15.8 Å². The largest absolute Gasteiger partial charge is 0.377 e. The van der Waals surface area contributed by atoms with E-state index in [1.807, 2.05) is 0 Å². The maximum Gasteiger partial charge on any atom is 0.0700 e. The van der Waals surface area contributed by atoms with Crippen molar-refractivity contribution in [2.45, 2.75) is 25.9 Å². The number of nitrogens with two attached hydrogens (primary N) is 1. The van der Waals surface area contributed by atoms with Gasteiger partial charge in [0.2, 0.25) is 0 Å². The van der Waals surface area contributed by atoms with E-state index in [1.165, 1.54) is 12.8 Å². The van der Waals surface area contributed by atoms with Crippen molar-refractivity contribution in [3.63, 3.8) is 0 Å². The molecule has 1 rings (SSSR count). The Morgan fingerprint density at radius 3 is 3.08 bits per heavy atom. The highest BCUT2D eigenvalue weighted by molar-refractivity contribution is 4.68. The molecule has 0 amide bonds. The Balaban J connectivity index is 1.94. The third-order valence-electron chi connectivity index (χ3n) is 2.29. The maximum atomic E-state index is 5.50. The molecule has 1 heterocycles. The van der Waals surface area contributed by atoms with E-state index in [4.69, 9.17) is 10.5 Å². The van der Waals surface area contributed by atoms with E-state index < -0.39 is 0 Å². The first-order valence-electron chi connectivity index (χ1n) is 4.85. The summed E-state index contributed by atoms with van der Waals surface area (Å²) >= 11 is 0. The van der Waals surface area contributed by atoms with E-state index in [9.17, 15) is 0 Å². The molecule has 0 spiro atoms. The van der Waals surface area contributed by atoms with Gasteiger partial charge in [0.05, 0.1) is 6.10 Å². The van der Waals surface area contributed by atoms with Crippen molar-refractivity contribution in [2.75, 3.05) is 26.2 Å². The van der Waals surface area contributed by atoms with Gasteiger partial charge in [0.1, 0.15) is 0 Å². The lowest BCUT2D eigenvalue weighted by Gasteiger charge is -2.13. The predicted octanol–water partition coefficient (Wildman–Crippen LogP) is 0.350. The molecule has 1 aliphatic rings. The third kappa shape index (κ3) is 3.52. The van der Waals surface area contributed by atoms with Gasteiger partial charge in [0.25, 0.3) is 0 Å². The Labute approximate surface area is 74.7 Å². The molecule has 3 N–H and O–H groups in total. The fourth-order valence-corrected chi connectivity index (χ4v) is 1.38. The predicted molar refractivity (Wildman–Crippen MR) is 50.1 cm³/mol. The minimum absolute atomic E-state index is 0.454. The second-order valence-corrected chi connectivity index (χ2v) is 3.63. The molecule has 1 fully saturated rings. The van der Waals surface area contributed by atoms with Gasteiger partial charge in [-0.3, -0.25) is 0 Å². The molecule has 1 aliphatic heterocycles. The molecule has 3 heteroatoms. The lowest BCUT2D eigenvalue weighted by molar-refractivity contribution is 0.109. The zero-order valence-electron chi connectivity index (χ0n) is 7.88. The Kier molecular flexibility index (Phi) is 4.58. The number of rotatable bonds is 5. The van der Waals surface area contributed by atoms with Crippen LogP contribution in [0.4, 0.5) is 0 Å². The van der Waals surface area contributed by atoms with Crippen LogP contribution < -0.4 is 11.1 Å². The maximum absolute atomic E-state index is 5.50. The zero-order valence-corrected chi connectivity index (χ0v) is 7.88. The lowest BCUT2D eigenvalue weighted by atomic mass is 10.2. The molecule has 0 aromatic carbocycles. The molecule has 72 valence electrons. The Hall–Kier alpha value is -0.120. The smallest absolute Gasteiger partial charge is 0.0700 e. The van der Waals surface area contributed by atoms with E-state index in [0.29, 0.717) is 12.0 Å². The molecular formula is C9H20N2O. The van der Waals surface area contributed by atoms with E-state index >= 15 is 0 Å². The van der Waals surface area contributed by atoms with E-state index in [2.05, 4.69) is 12.2 Å². The molecule has 3 nitrogen and oxygen atoms in total. The van der Waals surface area contributed by atoms with Crippen molar-refractivity contribution in [1.82, 2.24) is 5.32 Å². The van der Waals surface area contributed by atoms with Crippen LogP contribution in [-0.2, 0) is 4.74 Å². The average molecular weight is 172 g/mol. The average Bonchev–Trinajstić information content (AvgIpc) is 2.57. The van der Waals surface area contributed by atoms with Crippen LogP contribution in [0.15, 0.2) is 0 Å². The fraction of sp³-hybridized carbons (Fsp3) is 1.00. The first kappa shape index (κ1) is 9.96. The second-order valence-electron chi connectivity index (χ2n) is 3.63. The van der Waals surface area contributed by atoms with Gasteiger partial charge in [-0.25, -0.2) is 0 Å². The Morgan fingerprint density at radius 1 is 1.67 bits per heavy atom. The van der Waals surface area contributed by atoms with Crippen molar-refractivity contribution in [3.8, 4) is 0 Å². The Bertz CT molecular complexity index is 113. The monoisotopic (exact) mass is 172 g/mol. The van der Waals surface area contributed by atoms with Crippen LogP contribution in [0.2, 0.25) is 0 Å². The number of ether oxygens (including phenoxy) is 1. The summed E-state index contributed by atoms with van der Waals surface area (Å²) in [7, 11) is 0. The highest BCUT2D eigenvalue weighted by Gasteiger charge is 2.14. The van der Waals surface area contributed by atoms with Gasteiger partial charge in [-0.05, 0) is 31.8 Å². The summed E-state index contributed by atoms with van der Waals surface area (Å²) in [5.41, 5.74) is 5.50. The van der Waals surface area contributed by atoms with Gasteiger partial charge in [0.15, 0.2) is 0 Å². The summed E-state index contributed by atoms with van der Waals surface area (Å²) in [6, 6.07) is 0. The molecule has 2 atom stereocenters. The number of hydrogen-bond acceptors (Lipinski definition) is 3. The second kappa shape index (κ2) is 5.51. The first-order valence-corrected chi connectivity index (χ1v) is 4.85. The topological polar surface area (TPSA) is 47.3 Å². The minimum atomic E-state index is 0.454. The summed E-state index contributed by atoms with van der Waals surface area (Å²) in [6.07, 6.45) is 2.89. The van der Waals surface area contributed by atoms with Gasteiger partial charge >= 0.3 is 0 Å². The normalized spacial score (nSPS) is 26.0. The van der Waals surface area contributed by atoms with E-state index in [-0.39, 0.29) is 0 Å². The van der Waals surface area contributed by atoms with E-state index in [0.717, 1.165) is 26.2 Å². The molecule has 0 bridgehead atoms. The van der Waals surface area contributed by atoms with Gasteiger partial charge in [-0.1, -0.05) is 6.92 Å². The van der Waals surface area contributed by atoms with Crippen LogP contribution in [-0.4, -0.2) is 32.3 Å². The van der Waals surface area contributed by atoms with Crippen LogP contribution in [0.3, 0.4) is 0 Å². The van der Waals surface area contributed by atoms with Crippen LogP contribution in [0, 0.1) is 5.92 Å². The summed E-state index contributed by atoms with van der Waals surface area (Å²) < 4.78 is 5.47. The highest BCUT2D eigenvalue weighted by Crippen LogP contribution is 2.10. The third-order valence-corrected chi connectivity index (χ3v) is 2.29.